The van der Waals surface area contributed by atoms with Gasteiger partial charge in [0.15, 0.2) is 5.76 Å². The van der Waals surface area contributed by atoms with Crippen LogP contribution in [0.1, 0.15) is 23.1 Å². The molecule has 0 aliphatic heterocycles. The van der Waals surface area contributed by atoms with Crippen LogP contribution in [-0.4, -0.2) is 37.3 Å². The molecular formula is C28H29NO6S. The second-order valence-corrected chi connectivity index (χ2v) is 11.1. The van der Waals surface area contributed by atoms with Crippen LogP contribution in [0, 0.1) is 13.8 Å². The maximum atomic E-state index is 11.3. The van der Waals surface area contributed by atoms with E-state index in [1.807, 2.05) is 62.4 Å². The van der Waals surface area contributed by atoms with Crippen LogP contribution in [0.4, 0.5) is 0 Å². The first-order valence-corrected chi connectivity index (χ1v) is 13.6. The SMILES string of the molecule is Cc1cc(OCCCS(C)(=O)=O)cc(C)c1-c1cccc(COc2ccc(-c3cc(O)no3)cc2)c1. The fraction of sp³-hybridized carbons (Fsp3) is 0.250. The van der Waals surface area contributed by atoms with Gasteiger partial charge in [-0.15, -0.1) is 0 Å². The minimum absolute atomic E-state index is 0.119. The van der Waals surface area contributed by atoms with Crippen LogP contribution < -0.4 is 9.47 Å². The summed E-state index contributed by atoms with van der Waals surface area (Å²) in [5, 5.41) is 12.8. The van der Waals surface area contributed by atoms with E-state index in [-0.39, 0.29) is 11.6 Å². The van der Waals surface area contributed by atoms with E-state index in [0.717, 1.165) is 44.9 Å². The first kappa shape index (κ1) is 25.3. The Hall–Kier alpha value is -3.78. The second-order valence-electron chi connectivity index (χ2n) is 8.83. The molecule has 36 heavy (non-hydrogen) atoms. The highest BCUT2D eigenvalue weighted by molar-refractivity contribution is 7.90. The van der Waals surface area contributed by atoms with Gasteiger partial charge in [-0.1, -0.05) is 18.2 Å². The Balaban J connectivity index is 1.41. The molecule has 0 radical (unpaired) electrons. The standard InChI is InChI=1S/C28H29NO6S/c1-19-14-25(33-12-5-13-36(3,31)32)15-20(2)28(19)23-7-4-6-21(16-23)18-34-24-10-8-22(9-11-24)26-17-27(30)29-35-26/h4,6-11,14-17H,5,12-13,18H2,1-3H3,(H,29,30). The molecule has 0 spiro atoms. The fourth-order valence-electron chi connectivity index (χ4n) is 4.07. The summed E-state index contributed by atoms with van der Waals surface area (Å²) in [6, 6.07) is 21.1. The fourth-order valence-corrected chi connectivity index (χ4v) is 4.72. The van der Waals surface area contributed by atoms with Gasteiger partial charge in [0.25, 0.3) is 5.88 Å². The molecule has 7 nitrogen and oxygen atoms in total. The highest BCUT2D eigenvalue weighted by atomic mass is 32.2. The summed E-state index contributed by atoms with van der Waals surface area (Å²) in [6.07, 6.45) is 1.70. The molecule has 0 aliphatic carbocycles. The van der Waals surface area contributed by atoms with E-state index in [4.69, 9.17) is 14.0 Å². The molecule has 0 atom stereocenters. The van der Waals surface area contributed by atoms with Crippen molar-refractivity contribution < 1.29 is 27.5 Å². The van der Waals surface area contributed by atoms with Gasteiger partial charge in [0.05, 0.1) is 12.4 Å². The first-order chi connectivity index (χ1) is 17.2. The Morgan fingerprint density at radius 2 is 1.61 bits per heavy atom. The average Bonchev–Trinajstić information content (AvgIpc) is 3.26. The van der Waals surface area contributed by atoms with Gasteiger partial charge in [-0.2, -0.15) is 0 Å². The third-order valence-corrected chi connectivity index (χ3v) is 6.72. The number of hydrogen-bond donors (Lipinski definition) is 1. The normalized spacial score (nSPS) is 11.4. The third-order valence-electron chi connectivity index (χ3n) is 5.69. The Morgan fingerprint density at radius 1 is 0.889 bits per heavy atom. The van der Waals surface area contributed by atoms with Crippen molar-refractivity contribution in [1.82, 2.24) is 5.16 Å². The van der Waals surface area contributed by atoms with Crippen molar-refractivity contribution in [2.24, 2.45) is 0 Å². The molecule has 4 rings (SSSR count). The predicted molar refractivity (Wildman–Crippen MR) is 139 cm³/mol. The number of aromatic hydroxyl groups is 1. The molecule has 1 heterocycles. The van der Waals surface area contributed by atoms with Crippen LogP contribution in [0.2, 0.25) is 0 Å². The van der Waals surface area contributed by atoms with Crippen molar-refractivity contribution in [2.75, 3.05) is 18.6 Å². The van der Waals surface area contributed by atoms with Crippen molar-refractivity contribution in [3.05, 3.63) is 83.4 Å². The van der Waals surface area contributed by atoms with Crippen molar-refractivity contribution in [2.45, 2.75) is 26.9 Å². The van der Waals surface area contributed by atoms with E-state index in [1.54, 1.807) is 0 Å². The van der Waals surface area contributed by atoms with Crippen LogP contribution in [0.5, 0.6) is 17.4 Å². The highest BCUT2D eigenvalue weighted by Crippen LogP contribution is 2.32. The van der Waals surface area contributed by atoms with Gasteiger partial charge in [-0.05, 0) is 95.7 Å². The maximum Gasteiger partial charge on any atom is 0.252 e. The van der Waals surface area contributed by atoms with Crippen LogP contribution in [-0.2, 0) is 16.4 Å². The van der Waals surface area contributed by atoms with Crippen molar-refractivity contribution in [1.29, 1.82) is 0 Å². The lowest BCUT2D eigenvalue weighted by atomic mass is 9.94. The second kappa shape index (κ2) is 10.9. The van der Waals surface area contributed by atoms with Gasteiger partial charge in [0.1, 0.15) is 27.9 Å². The van der Waals surface area contributed by atoms with Crippen LogP contribution in [0.3, 0.4) is 0 Å². The molecule has 0 saturated heterocycles. The van der Waals surface area contributed by atoms with Crippen molar-refractivity contribution >= 4 is 9.84 Å². The van der Waals surface area contributed by atoms with Gasteiger partial charge < -0.3 is 19.1 Å². The zero-order chi connectivity index (χ0) is 25.7. The first-order valence-electron chi connectivity index (χ1n) is 11.6. The van der Waals surface area contributed by atoms with Crippen LogP contribution in [0.25, 0.3) is 22.5 Å². The molecule has 0 aliphatic rings. The monoisotopic (exact) mass is 507 g/mol. The number of benzene rings is 3. The summed E-state index contributed by atoms with van der Waals surface area (Å²) in [5.41, 5.74) is 6.23. The van der Waals surface area contributed by atoms with Crippen molar-refractivity contribution in [3.63, 3.8) is 0 Å². The zero-order valence-corrected chi connectivity index (χ0v) is 21.3. The summed E-state index contributed by atoms with van der Waals surface area (Å²) in [7, 11) is -2.98. The molecule has 0 unspecified atom stereocenters. The minimum Gasteiger partial charge on any atom is -0.494 e. The zero-order valence-electron chi connectivity index (χ0n) is 20.5. The number of rotatable bonds is 10. The molecule has 8 heteroatoms. The van der Waals surface area contributed by atoms with E-state index in [1.165, 1.54) is 12.3 Å². The molecular weight excluding hydrogens is 478 g/mol. The lowest BCUT2D eigenvalue weighted by Gasteiger charge is -2.15. The van der Waals surface area contributed by atoms with Gasteiger partial charge >= 0.3 is 0 Å². The molecule has 0 saturated carbocycles. The number of aryl methyl sites for hydroxylation is 2. The molecule has 3 aromatic carbocycles. The topological polar surface area (TPSA) is 98.9 Å². The molecule has 4 aromatic rings. The third kappa shape index (κ3) is 6.66. The largest absolute Gasteiger partial charge is 0.494 e. The van der Waals surface area contributed by atoms with E-state index in [2.05, 4.69) is 17.3 Å². The Morgan fingerprint density at radius 3 is 2.25 bits per heavy atom. The number of ether oxygens (including phenoxy) is 2. The maximum absolute atomic E-state index is 11.3. The smallest absolute Gasteiger partial charge is 0.252 e. The van der Waals surface area contributed by atoms with E-state index in [0.29, 0.717) is 25.4 Å². The van der Waals surface area contributed by atoms with Crippen LogP contribution >= 0.6 is 0 Å². The van der Waals surface area contributed by atoms with Crippen molar-refractivity contribution in [3.8, 4) is 39.8 Å². The summed E-state index contributed by atoms with van der Waals surface area (Å²) in [6.45, 7) is 4.87. The number of nitrogens with zero attached hydrogens (tertiary/aromatic N) is 1. The van der Waals surface area contributed by atoms with E-state index >= 15 is 0 Å². The number of aromatic nitrogens is 1. The van der Waals surface area contributed by atoms with E-state index in [9.17, 15) is 13.5 Å². The number of hydrogen-bond acceptors (Lipinski definition) is 7. The van der Waals surface area contributed by atoms with Gasteiger partial charge in [-0.3, -0.25) is 0 Å². The Kier molecular flexibility index (Phi) is 7.64. The lowest BCUT2D eigenvalue weighted by molar-refractivity contribution is 0.306. The average molecular weight is 508 g/mol. The molecule has 1 N–H and O–H groups in total. The van der Waals surface area contributed by atoms with Gasteiger partial charge in [0.2, 0.25) is 0 Å². The summed E-state index contributed by atoms with van der Waals surface area (Å²) < 4.78 is 39.4. The minimum atomic E-state index is -2.98. The molecule has 188 valence electrons. The molecule has 0 fully saturated rings. The van der Waals surface area contributed by atoms with Crippen LogP contribution in [0.15, 0.2) is 71.3 Å². The van der Waals surface area contributed by atoms with Gasteiger partial charge in [0, 0.05) is 17.9 Å². The quantitative estimate of drug-likeness (QED) is 0.274. The predicted octanol–water partition coefficient (Wildman–Crippen LogP) is 5.72. The summed E-state index contributed by atoms with van der Waals surface area (Å²) in [5.74, 6) is 1.92. The van der Waals surface area contributed by atoms with E-state index < -0.39 is 9.84 Å². The Bertz CT molecular complexity index is 1420. The van der Waals surface area contributed by atoms with Gasteiger partial charge in [-0.25, -0.2) is 8.42 Å². The number of sulfone groups is 1. The highest BCUT2D eigenvalue weighted by Gasteiger charge is 2.11. The molecule has 0 bridgehead atoms. The Labute approximate surface area is 211 Å². The molecule has 1 aromatic heterocycles. The molecule has 0 amide bonds. The lowest BCUT2D eigenvalue weighted by Crippen LogP contribution is -2.08. The summed E-state index contributed by atoms with van der Waals surface area (Å²) >= 11 is 0. The summed E-state index contributed by atoms with van der Waals surface area (Å²) in [4.78, 5) is 0.